The normalized spacial score (nSPS) is 11.1. The average Bonchev–Trinajstić information content (AvgIpc) is 3.30. The molecule has 0 radical (unpaired) electrons. The van der Waals surface area contributed by atoms with Crippen LogP contribution in [0.3, 0.4) is 0 Å². The van der Waals surface area contributed by atoms with E-state index in [1.807, 2.05) is 20.2 Å². The highest BCUT2D eigenvalue weighted by molar-refractivity contribution is 6.02. The zero-order valence-electron chi connectivity index (χ0n) is 15.4. The van der Waals surface area contributed by atoms with Crippen LogP contribution in [-0.2, 0) is 6.54 Å². The van der Waals surface area contributed by atoms with E-state index in [1.165, 1.54) is 0 Å². The van der Waals surface area contributed by atoms with Gasteiger partial charge in [-0.1, -0.05) is 6.07 Å². The molecule has 142 valence electrons. The largest absolute Gasteiger partial charge is 0.467 e. The Morgan fingerprint density at radius 3 is 2.74 bits per heavy atom. The van der Waals surface area contributed by atoms with E-state index in [-0.39, 0.29) is 29.9 Å². The second-order valence-electron chi connectivity index (χ2n) is 6.41. The summed E-state index contributed by atoms with van der Waals surface area (Å²) >= 11 is 0. The lowest BCUT2D eigenvalue weighted by molar-refractivity contribution is 0.0937. The van der Waals surface area contributed by atoms with Crippen molar-refractivity contribution in [2.75, 3.05) is 27.2 Å². The van der Waals surface area contributed by atoms with E-state index >= 15 is 0 Å². The topological polar surface area (TPSA) is 91.9 Å². The average molecular weight is 369 g/mol. The fourth-order valence-corrected chi connectivity index (χ4v) is 2.71. The number of carbonyl (C=O) groups excluding carboxylic acids is 2. The van der Waals surface area contributed by atoms with Gasteiger partial charge in [-0.15, -0.1) is 0 Å². The number of nitrogens with zero attached hydrogens (tertiary/aromatic N) is 3. The summed E-state index contributed by atoms with van der Waals surface area (Å²) in [6.07, 6.45) is 4.10. The van der Waals surface area contributed by atoms with Crippen molar-refractivity contribution in [1.82, 2.24) is 24.9 Å². The van der Waals surface area contributed by atoms with Gasteiger partial charge in [0.15, 0.2) is 5.69 Å². The molecule has 0 aliphatic heterocycles. The highest BCUT2D eigenvalue weighted by atomic mass is 16.3. The molecular formula is C19H23N5O3. The minimum absolute atomic E-state index is 0.163. The summed E-state index contributed by atoms with van der Waals surface area (Å²) in [7, 11) is 3.97. The van der Waals surface area contributed by atoms with Crippen LogP contribution in [-0.4, -0.2) is 53.3 Å². The van der Waals surface area contributed by atoms with Crippen molar-refractivity contribution in [1.29, 1.82) is 0 Å². The zero-order valence-corrected chi connectivity index (χ0v) is 15.4. The van der Waals surface area contributed by atoms with Crippen LogP contribution in [0, 0.1) is 0 Å². The van der Waals surface area contributed by atoms with Crippen LogP contribution in [0.2, 0.25) is 0 Å². The molecule has 0 bridgehead atoms. The van der Waals surface area contributed by atoms with Crippen LogP contribution in [0.15, 0.2) is 47.2 Å². The van der Waals surface area contributed by atoms with Gasteiger partial charge < -0.3 is 20.0 Å². The predicted molar refractivity (Wildman–Crippen MR) is 101 cm³/mol. The number of amides is 2. The third-order valence-corrected chi connectivity index (χ3v) is 4.04. The lowest BCUT2D eigenvalue weighted by Crippen LogP contribution is -2.28. The van der Waals surface area contributed by atoms with Gasteiger partial charge in [0.25, 0.3) is 11.8 Å². The van der Waals surface area contributed by atoms with Crippen molar-refractivity contribution >= 4 is 17.3 Å². The molecule has 8 heteroatoms. The lowest BCUT2D eigenvalue weighted by atomic mass is 10.3. The molecule has 0 aromatic carbocycles. The van der Waals surface area contributed by atoms with E-state index in [2.05, 4.69) is 20.5 Å². The number of hydrogen-bond acceptors (Lipinski definition) is 5. The molecule has 0 aliphatic carbocycles. The first kappa shape index (κ1) is 18.7. The number of aromatic nitrogens is 2. The number of pyridine rings is 1. The van der Waals surface area contributed by atoms with Crippen molar-refractivity contribution in [3.8, 4) is 0 Å². The van der Waals surface area contributed by atoms with Gasteiger partial charge in [0.05, 0.1) is 18.3 Å². The molecule has 3 aromatic rings. The summed E-state index contributed by atoms with van der Waals surface area (Å²) < 4.78 is 6.83. The van der Waals surface area contributed by atoms with Crippen LogP contribution in [0.5, 0.6) is 0 Å². The molecule has 0 aliphatic rings. The van der Waals surface area contributed by atoms with Crippen molar-refractivity contribution in [3.63, 3.8) is 0 Å². The Balaban J connectivity index is 1.74. The van der Waals surface area contributed by atoms with Gasteiger partial charge in [0.1, 0.15) is 5.76 Å². The monoisotopic (exact) mass is 369 g/mol. The lowest BCUT2D eigenvalue weighted by Gasteiger charge is -2.09. The number of furan rings is 1. The number of carbonyl (C=O) groups is 2. The SMILES string of the molecule is CN(C)CCCNC(=O)c1nc(C(=O)NCc2ccco2)n2ccccc12. The number of hydrogen-bond donors (Lipinski definition) is 2. The van der Waals surface area contributed by atoms with Crippen LogP contribution in [0.25, 0.3) is 5.52 Å². The summed E-state index contributed by atoms with van der Waals surface area (Å²) in [6.45, 7) is 1.67. The van der Waals surface area contributed by atoms with E-state index in [0.29, 0.717) is 17.8 Å². The van der Waals surface area contributed by atoms with Crippen LogP contribution in [0.4, 0.5) is 0 Å². The van der Waals surface area contributed by atoms with E-state index in [4.69, 9.17) is 4.42 Å². The number of nitrogens with one attached hydrogen (secondary N) is 2. The van der Waals surface area contributed by atoms with E-state index in [9.17, 15) is 9.59 Å². The fraction of sp³-hybridized carbons (Fsp3) is 0.316. The van der Waals surface area contributed by atoms with E-state index < -0.39 is 0 Å². The Morgan fingerprint density at radius 2 is 2.00 bits per heavy atom. The molecule has 3 heterocycles. The Hall–Kier alpha value is -3.13. The molecule has 2 N–H and O–H groups in total. The quantitative estimate of drug-likeness (QED) is 0.588. The van der Waals surface area contributed by atoms with E-state index in [0.717, 1.165) is 13.0 Å². The fourth-order valence-electron chi connectivity index (χ4n) is 2.71. The van der Waals surface area contributed by atoms with Crippen molar-refractivity contribution in [2.45, 2.75) is 13.0 Å². The van der Waals surface area contributed by atoms with E-state index in [1.54, 1.807) is 41.1 Å². The number of rotatable bonds is 8. The second-order valence-corrected chi connectivity index (χ2v) is 6.41. The molecule has 0 saturated carbocycles. The number of fused-ring (bicyclic) bond motifs is 1. The van der Waals surface area contributed by atoms with Crippen LogP contribution in [0.1, 0.15) is 33.3 Å². The van der Waals surface area contributed by atoms with Crippen LogP contribution >= 0.6 is 0 Å². The van der Waals surface area contributed by atoms with Gasteiger partial charge >= 0.3 is 0 Å². The highest BCUT2D eigenvalue weighted by Crippen LogP contribution is 2.13. The van der Waals surface area contributed by atoms with Crippen molar-refractivity contribution < 1.29 is 14.0 Å². The van der Waals surface area contributed by atoms with Gasteiger partial charge in [-0.3, -0.25) is 14.0 Å². The number of imidazole rings is 1. The van der Waals surface area contributed by atoms with Gasteiger partial charge in [0.2, 0.25) is 5.82 Å². The van der Waals surface area contributed by atoms with Gasteiger partial charge in [-0.05, 0) is 51.3 Å². The third-order valence-electron chi connectivity index (χ3n) is 4.04. The second kappa shape index (κ2) is 8.50. The van der Waals surface area contributed by atoms with Gasteiger partial charge in [-0.25, -0.2) is 4.98 Å². The van der Waals surface area contributed by atoms with Crippen molar-refractivity contribution in [2.24, 2.45) is 0 Å². The molecule has 27 heavy (non-hydrogen) atoms. The summed E-state index contributed by atoms with van der Waals surface area (Å²) in [5.74, 6) is 0.139. The first-order valence-electron chi connectivity index (χ1n) is 8.77. The predicted octanol–water partition coefficient (Wildman–Crippen LogP) is 1.54. The molecule has 3 rings (SSSR count). The molecule has 0 fully saturated rings. The summed E-state index contributed by atoms with van der Waals surface area (Å²) in [5.41, 5.74) is 0.828. The summed E-state index contributed by atoms with van der Waals surface area (Å²) in [4.78, 5) is 31.4. The Kier molecular flexibility index (Phi) is 5.87. The molecule has 8 nitrogen and oxygen atoms in total. The standard InChI is InChI=1S/C19H23N5O3/c1-23(2)10-6-9-20-18(25)16-15-8-3-4-11-24(15)17(22-16)19(26)21-13-14-7-5-12-27-14/h3-5,7-8,11-12H,6,9-10,13H2,1-2H3,(H,20,25)(H,21,26). The maximum absolute atomic E-state index is 12.6. The smallest absolute Gasteiger partial charge is 0.288 e. The molecule has 3 aromatic heterocycles. The summed E-state index contributed by atoms with van der Waals surface area (Å²) in [5, 5.41) is 5.62. The first-order valence-corrected chi connectivity index (χ1v) is 8.77. The third kappa shape index (κ3) is 4.53. The first-order chi connectivity index (χ1) is 13.1. The highest BCUT2D eigenvalue weighted by Gasteiger charge is 2.21. The van der Waals surface area contributed by atoms with Gasteiger partial charge in [-0.2, -0.15) is 0 Å². The molecule has 0 spiro atoms. The maximum Gasteiger partial charge on any atom is 0.288 e. The van der Waals surface area contributed by atoms with Crippen LogP contribution < -0.4 is 10.6 Å². The Morgan fingerprint density at radius 1 is 1.15 bits per heavy atom. The Bertz CT molecular complexity index is 915. The molecule has 2 amide bonds. The van der Waals surface area contributed by atoms with Gasteiger partial charge in [0, 0.05) is 12.7 Å². The Labute approximate surface area is 157 Å². The summed E-state index contributed by atoms with van der Waals surface area (Å²) in [6, 6.07) is 8.90. The molecule has 0 saturated heterocycles. The maximum atomic E-state index is 12.6. The van der Waals surface area contributed by atoms with Crippen molar-refractivity contribution in [3.05, 3.63) is 60.1 Å². The minimum Gasteiger partial charge on any atom is -0.467 e. The molecular weight excluding hydrogens is 346 g/mol. The molecule has 0 unspecified atom stereocenters. The molecule has 0 atom stereocenters. The minimum atomic E-state index is -0.376. The zero-order chi connectivity index (χ0) is 19.2.